The summed E-state index contributed by atoms with van der Waals surface area (Å²) in [7, 11) is -3.08. The van der Waals surface area contributed by atoms with Gasteiger partial charge in [0.1, 0.15) is 12.1 Å². The number of Topliss-reactive ketones (excluding diaryl/α,β-unsaturated/α-hetero) is 2. The SMILES string of the molecule is CCCCCCCOP(=O)(O)O[C@H](C)[C@H](CC(=O)[C@H](CO)NC(=O)[C@@H](CC(=O)[C@H](CC(C)C)NC(=O)[C@@H]1CCCN1C(=O)CCOCCOC)Cc1cnc[nH]1)C(N)=O. The molecule has 20 heteroatoms. The Morgan fingerprint density at radius 2 is 1.71 bits per heavy atom. The highest BCUT2D eigenvalue weighted by atomic mass is 31.2. The quantitative estimate of drug-likeness (QED) is 0.0448. The molecule has 1 saturated heterocycles. The van der Waals surface area contributed by atoms with Gasteiger partial charge in [-0.05, 0) is 38.5 Å². The van der Waals surface area contributed by atoms with Crippen LogP contribution < -0.4 is 16.4 Å². The minimum Gasteiger partial charge on any atom is -0.394 e. The third-order valence-electron chi connectivity index (χ3n) is 10.1. The summed E-state index contributed by atoms with van der Waals surface area (Å²) in [5, 5.41) is 15.5. The van der Waals surface area contributed by atoms with Crippen molar-refractivity contribution in [3.05, 3.63) is 18.2 Å². The highest BCUT2D eigenvalue weighted by Gasteiger charge is 2.38. The number of unbranched alkanes of at least 4 members (excludes halogenated alkanes) is 4. The van der Waals surface area contributed by atoms with Gasteiger partial charge in [0.25, 0.3) is 0 Å². The van der Waals surface area contributed by atoms with Crippen LogP contribution in [0.4, 0.5) is 0 Å². The summed E-state index contributed by atoms with van der Waals surface area (Å²) in [4.78, 5) is 98.9. The van der Waals surface area contributed by atoms with Gasteiger partial charge in [-0.25, -0.2) is 9.55 Å². The van der Waals surface area contributed by atoms with Gasteiger partial charge in [0.2, 0.25) is 23.6 Å². The van der Waals surface area contributed by atoms with Gasteiger partial charge in [0.15, 0.2) is 11.6 Å². The molecular weight excluding hydrogens is 791 g/mol. The first-order chi connectivity index (χ1) is 28.0. The number of hydrogen-bond donors (Lipinski definition) is 6. The number of nitrogens with two attached hydrogens (primary N) is 1. The van der Waals surface area contributed by atoms with Crippen LogP contribution in [0.1, 0.15) is 104 Å². The predicted octanol–water partition coefficient (Wildman–Crippen LogP) is 2.13. The van der Waals surface area contributed by atoms with Gasteiger partial charge >= 0.3 is 7.82 Å². The molecule has 19 nitrogen and oxygen atoms in total. The highest BCUT2D eigenvalue weighted by Crippen LogP contribution is 2.46. The average Bonchev–Trinajstić information content (AvgIpc) is 3.89. The van der Waals surface area contributed by atoms with E-state index in [9.17, 15) is 43.3 Å². The molecule has 0 saturated carbocycles. The molecule has 1 aliphatic heterocycles. The number of nitrogens with zero attached hydrogens (tertiary/aromatic N) is 2. The topological polar surface area (TPSA) is 279 Å². The lowest BCUT2D eigenvalue weighted by molar-refractivity contribution is -0.140. The maximum Gasteiger partial charge on any atom is 0.472 e. The van der Waals surface area contributed by atoms with Gasteiger partial charge in [-0.3, -0.25) is 37.8 Å². The second-order valence-corrected chi connectivity index (χ2v) is 16.8. The first-order valence-corrected chi connectivity index (χ1v) is 22.1. The average molecular weight is 859 g/mol. The van der Waals surface area contributed by atoms with Crippen molar-refractivity contribution >= 4 is 43.0 Å². The Kier molecular flexibility index (Phi) is 23.9. The molecular formula is C39H67N6O13P. The van der Waals surface area contributed by atoms with Crippen LogP contribution in [0, 0.1) is 17.8 Å². The number of aromatic amines is 1. The number of likely N-dealkylation sites (tertiary alicyclic amines) is 1. The van der Waals surface area contributed by atoms with E-state index >= 15 is 0 Å². The molecule has 59 heavy (non-hydrogen) atoms. The number of carbonyl (C=O) groups is 6. The molecule has 2 heterocycles. The van der Waals surface area contributed by atoms with Crippen LogP contribution in [0.25, 0.3) is 0 Å². The van der Waals surface area contributed by atoms with Gasteiger partial charge in [-0.2, -0.15) is 0 Å². The molecule has 1 aromatic rings. The lowest BCUT2D eigenvalue weighted by Gasteiger charge is -2.28. The number of primary amides is 1. The van der Waals surface area contributed by atoms with E-state index in [1.807, 2.05) is 13.8 Å². The van der Waals surface area contributed by atoms with Gasteiger partial charge in [0.05, 0.1) is 69.8 Å². The van der Waals surface area contributed by atoms with Gasteiger partial charge in [-0.15, -0.1) is 0 Å². The number of aromatic nitrogens is 2. The molecule has 0 radical (unpaired) electrons. The number of nitrogens with one attached hydrogen (secondary N) is 3. The van der Waals surface area contributed by atoms with Crippen molar-refractivity contribution in [2.75, 3.05) is 46.7 Å². The summed E-state index contributed by atoms with van der Waals surface area (Å²) in [5.41, 5.74) is 6.05. The number of phosphoric acid groups is 1. The van der Waals surface area contributed by atoms with Gasteiger partial charge in [0, 0.05) is 44.8 Å². The number of ketones is 2. The van der Waals surface area contributed by atoms with Crippen LogP contribution in [0.15, 0.2) is 12.5 Å². The summed E-state index contributed by atoms with van der Waals surface area (Å²) in [6.07, 6.45) is 6.10. The van der Waals surface area contributed by atoms with Gasteiger partial charge in [-0.1, -0.05) is 46.5 Å². The molecule has 2 rings (SSSR count). The maximum absolute atomic E-state index is 14.0. The normalized spacial score (nSPS) is 17.8. The smallest absolute Gasteiger partial charge is 0.394 e. The fourth-order valence-corrected chi connectivity index (χ4v) is 7.76. The van der Waals surface area contributed by atoms with Crippen LogP contribution in [0.3, 0.4) is 0 Å². The van der Waals surface area contributed by atoms with Crippen molar-refractivity contribution in [2.24, 2.45) is 23.5 Å². The lowest BCUT2D eigenvalue weighted by Crippen LogP contribution is -2.52. The number of amides is 4. The standard InChI is InChI=1S/C39H67N6O13P/c1-6-7-8-9-10-15-57-59(53,54)58-27(4)30(37(40)50)22-35(48)32(24-46)44-38(51)28(20-29-23-41-25-42-29)21-34(47)31(19-26(2)3)43-39(52)33-12-11-14-45(33)36(49)13-16-56-18-17-55-5/h23,25-28,30-33,46H,6-22,24H2,1-5H3,(H2,40,50)(H,41,42)(H,43,52)(H,44,51)(H,53,54)/t27-,28-,30+,31+,32+,33+/m1/s1. The number of rotatable bonds is 32. The van der Waals surface area contributed by atoms with Crippen molar-refractivity contribution in [3.8, 4) is 0 Å². The number of hydrogen-bond acceptors (Lipinski definition) is 13. The Morgan fingerprint density at radius 1 is 1.00 bits per heavy atom. The Bertz CT molecular complexity index is 1510. The van der Waals surface area contributed by atoms with Crippen LogP contribution in [0.2, 0.25) is 0 Å². The maximum atomic E-state index is 14.0. The fraction of sp³-hybridized carbons (Fsp3) is 0.769. The van der Waals surface area contributed by atoms with E-state index in [4.69, 9.17) is 24.3 Å². The number of imidazole rings is 1. The summed E-state index contributed by atoms with van der Waals surface area (Å²) < 4.78 is 33.1. The van der Waals surface area contributed by atoms with Crippen molar-refractivity contribution in [1.29, 1.82) is 0 Å². The minimum atomic E-state index is -4.63. The van der Waals surface area contributed by atoms with E-state index in [0.29, 0.717) is 44.7 Å². The summed E-state index contributed by atoms with van der Waals surface area (Å²) in [5.74, 6) is -6.38. The Balaban J connectivity index is 2.15. The second kappa shape index (κ2) is 27.3. The number of aliphatic hydroxyl groups excluding tert-OH is 1. The zero-order valence-electron chi connectivity index (χ0n) is 35.2. The number of aliphatic hydroxyl groups is 1. The number of phosphoric ester groups is 1. The number of H-pyrrole nitrogens is 1. The molecule has 336 valence electrons. The molecule has 7 atom stereocenters. The van der Waals surface area contributed by atoms with Crippen molar-refractivity contribution in [2.45, 2.75) is 129 Å². The number of ether oxygens (including phenoxy) is 2. The van der Waals surface area contributed by atoms with Crippen LogP contribution in [-0.4, -0.2) is 131 Å². The predicted molar refractivity (Wildman–Crippen MR) is 215 cm³/mol. The summed E-state index contributed by atoms with van der Waals surface area (Å²) in [6, 6.07) is -3.33. The molecule has 1 fully saturated rings. The first-order valence-electron chi connectivity index (χ1n) is 20.6. The molecule has 0 aromatic carbocycles. The second-order valence-electron chi connectivity index (χ2n) is 15.4. The van der Waals surface area contributed by atoms with Gasteiger partial charge < -0.3 is 45.7 Å². The third-order valence-corrected chi connectivity index (χ3v) is 11.2. The molecule has 1 aliphatic rings. The lowest BCUT2D eigenvalue weighted by atomic mass is 9.89. The minimum absolute atomic E-state index is 0.0250. The zero-order chi connectivity index (χ0) is 44.0. The highest BCUT2D eigenvalue weighted by molar-refractivity contribution is 7.47. The summed E-state index contributed by atoms with van der Waals surface area (Å²) >= 11 is 0. The van der Waals surface area contributed by atoms with Crippen LogP contribution in [-0.2, 0) is 58.3 Å². The van der Waals surface area contributed by atoms with E-state index < -0.39 is 86.2 Å². The van der Waals surface area contributed by atoms with Crippen LogP contribution in [0.5, 0.6) is 0 Å². The van der Waals surface area contributed by atoms with Crippen molar-refractivity contribution in [3.63, 3.8) is 0 Å². The van der Waals surface area contributed by atoms with E-state index in [0.717, 1.165) is 25.7 Å². The molecule has 1 unspecified atom stereocenters. The Hall–Kier alpha value is -3.58. The first kappa shape index (κ1) is 51.6. The molecule has 0 spiro atoms. The van der Waals surface area contributed by atoms with E-state index in [2.05, 4.69) is 27.5 Å². The molecule has 1 aromatic heterocycles. The van der Waals surface area contributed by atoms with Crippen molar-refractivity contribution in [1.82, 2.24) is 25.5 Å². The largest absolute Gasteiger partial charge is 0.472 e. The van der Waals surface area contributed by atoms with Crippen LogP contribution >= 0.6 is 7.82 Å². The van der Waals surface area contributed by atoms with E-state index in [-0.39, 0.29) is 50.7 Å². The number of carbonyl (C=O) groups excluding carboxylic acids is 6. The monoisotopic (exact) mass is 858 g/mol. The fourth-order valence-electron chi connectivity index (χ4n) is 6.77. The molecule has 4 amide bonds. The Labute approximate surface area is 347 Å². The molecule has 0 aliphatic carbocycles. The summed E-state index contributed by atoms with van der Waals surface area (Å²) in [6.45, 7) is 7.44. The van der Waals surface area contributed by atoms with E-state index in [1.54, 1.807) is 7.11 Å². The third kappa shape index (κ3) is 19.1. The molecule has 7 N–H and O–H groups in total. The van der Waals surface area contributed by atoms with E-state index in [1.165, 1.54) is 24.3 Å². The molecule has 0 bridgehead atoms. The zero-order valence-corrected chi connectivity index (χ0v) is 36.1. The van der Waals surface area contributed by atoms with Crippen molar-refractivity contribution < 1.29 is 61.9 Å². The Morgan fingerprint density at radius 3 is 2.34 bits per heavy atom. The number of methoxy groups -OCH3 is 1.